The van der Waals surface area contributed by atoms with Gasteiger partial charge in [-0.1, -0.05) is 6.92 Å². The Balaban J connectivity index is 2.22. The minimum absolute atomic E-state index is 0.0788. The number of likely N-dealkylation sites (N-methyl/N-ethyl adjacent to an activating group) is 1. The van der Waals surface area contributed by atoms with E-state index in [9.17, 15) is 5.11 Å². The number of nitrogens with one attached hydrogen (secondary N) is 1. The van der Waals surface area contributed by atoms with Crippen LogP contribution in [-0.2, 0) is 0 Å². The maximum absolute atomic E-state index is 9.26. The maximum Gasteiger partial charge on any atom is 0.0693 e. The summed E-state index contributed by atoms with van der Waals surface area (Å²) in [5.41, 5.74) is 0. The minimum atomic E-state index is -0.0788. The average molecular weight is 129 g/mol. The third kappa shape index (κ3) is 1.66. The normalized spacial score (nSPS) is 35.3. The summed E-state index contributed by atoms with van der Waals surface area (Å²) in [7, 11) is 0. The number of hydrogen-bond acceptors (Lipinski definition) is 2. The number of hydrogen-bond donors (Lipinski definition) is 2. The van der Waals surface area contributed by atoms with Crippen LogP contribution >= 0.6 is 0 Å². The van der Waals surface area contributed by atoms with Gasteiger partial charge in [0.1, 0.15) is 0 Å². The lowest BCUT2D eigenvalue weighted by Gasteiger charge is -2.13. The highest BCUT2D eigenvalue weighted by molar-refractivity contribution is 4.81. The summed E-state index contributed by atoms with van der Waals surface area (Å²) >= 11 is 0. The molecule has 0 amide bonds. The van der Waals surface area contributed by atoms with Crippen molar-refractivity contribution >= 4 is 0 Å². The second kappa shape index (κ2) is 3.18. The summed E-state index contributed by atoms with van der Waals surface area (Å²) < 4.78 is 0. The molecule has 2 N–H and O–H groups in total. The first kappa shape index (κ1) is 7.03. The second-order valence-electron chi connectivity index (χ2n) is 2.66. The van der Waals surface area contributed by atoms with E-state index in [0.717, 1.165) is 19.4 Å². The molecule has 0 bridgehead atoms. The van der Waals surface area contributed by atoms with Gasteiger partial charge in [-0.3, -0.25) is 0 Å². The van der Waals surface area contributed by atoms with Crippen LogP contribution in [0.1, 0.15) is 26.2 Å². The van der Waals surface area contributed by atoms with Crippen LogP contribution in [0, 0.1) is 0 Å². The highest BCUT2D eigenvalue weighted by Crippen LogP contribution is 2.18. The Bertz CT molecular complexity index is 85.0. The first-order chi connectivity index (χ1) is 4.34. The second-order valence-corrected chi connectivity index (χ2v) is 2.66. The molecule has 1 fully saturated rings. The molecule has 0 aromatic rings. The van der Waals surface area contributed by atoms with Crippen molar-refractivity contribution < 1.29 is 5.11 Å². The van der Waals surface area contributed by atoms with Crippen molar-refractivity contribution in [3.63, 3.8) is 0 Å². The fourth-order valence-electron chi connectivity index (χ4n) is 1.44. The molecule has 0 saturated heterocycles. The summed E-state index contributed by atoms with van der Waals surface area (Å²) in [4.78, 5) is 0. The van der Waals surface area contributed by atoms with Crippen LogP contribution in [0.25, 0.3) is 0 Å². The first-order valence-electron chi connectivity index (χ1n) is 3.76. The molecule has 2 atom stereocenters. The lowest BCUT2D eigenvalue weighted by molar-refractivity contribution is 0.150. The van der Waals surface area contributed by atoms with Crippen LogP contribution in [0.15, 0.2) is 0 Å². The van der Waals surface area contributed by atoms with Gasteiger partial charge in [0, 0.05) is 6.04 Å². The monoisotopic (exact) mass is 129 g/mol. The molecule has 2 nitrogen and oxygen atoms in total. The van der Waals surface area contributed by atoms with E-state index in [1.165, 1.54) is 6.42 Å². The summed E-state index contributed by atoms with van der Waals surface area (Å²) in [5.74, 6) is 0. The molecule has 54 valence electrons. The fraction of sp³-hybridized carbons (Fsp3) is 1.00. The number of rotatable bonds is 2. The van der Waals surface area contributed by atoms with Crippen LogP contribution in [-0.4, -0.2) is 23.8 Å². The van der Waals surface area contributed by atoms with Crippen LogP contribution in [0.4, 0.5) is 0 Å². The van der Waals surface area contributed by atoms with Gasteiger partial charge < -0.3 is 10.4 Å². The van der Waals surface area contributed by atoms with E-state index < -0.39 is 0 Å². The Morgan fingerprint density at radius 2 is 2.33 bits per heavy atom. The van der Waals surface area contributed by atoms with Gasteiger partial charge in [-0.15, -0.1) is 0 Å². The summed E-state index contributed by atoms with van der Waals surface area (Å²) in [6.45, 7) is 3.05. The molecule has 0 aliphatic heterocycles. The summed E-state index contributed by atoms with van der Waals surface area (Å²) in [6, 6.07) is 0.384. The van der Waals surface area contributed by atoms with Crippen LogP contribution < -0.4 is 5.32 Å². The quantitative estimate of drug-likeness (QED) is 0.569. The van der Waals surface area contributed by atoms with Gasteiger partial charge in [0.2, 0.25) is 0 Å². The molecule has 0 heterocycles. The molecular weight excluding hydrogens is 114 g/mol. The molecule has 1 aliphatic rings. The predicted molar refractivity (Wildman–Crippen MR) is 37.3 cm³/mol. The van der Waals surface area contributed by atoms with Crippen LogP contribution in [0.5, 0.6) is 0 Å². The standard InChI is InChI=1S/C7H15NO/c1-2-8-6-4-3-5-7(6)9/h6-9H,2-5H2,1H3/t6?,7-/m0/s1. The van der Waals surface area contributed by atoms with Gasteiger partial charge in [-0.25, -0.2) is 0 Å². The van der Waals surface area contributed by atoms with Gasteiger partial charge >= 0.3 is 0 Å². The van der Waals surface area contributed by atoms with Crippen molar-refractivity contribution in [1.29, 1.82) is 0 Å². The minimum Gasteiger partial charge on any atom is -0.392 e. The summed E-state index contributed by atoms with van der Waals surface area (Å²) in [6.07, 6.45) is 3.23. The van der Waals surface area contributed by atoms with Gasteiger partial charge in [-0.2, -0.15) is 0 Å². The van der Waals surface area contributed by atoms with Crippen molar-refractivity contribution in [3.05, 3.63) is 0 Å². The van der Waals surface area contributed by atoms with E-state index >= 15 is 0 Å². The highest BCUT2D eigenvalue weighted by atomic mass is 16.3. The lowest BCUT2D eigenvalue weighted by atomic mass is 10.2. The van der Waals surface area contributed by atoms with Gasteiger partial charge in [0.15, 0.2) is 0 Å². The lowest BCUT2D eigenvalue weighted by Crippen LogP contribution is -2.35. The van der Waals surface area contributed by atoms with Gasteiger partial charge in [0.25, 0.3) is 0 Å². The Labute approximate surface area is 56.3 Å². The zero-order valence-corrected chi connectivity index (χ0v) is 5.93. The number of aliphatic hydroxyl groups excluding tert-OH is 1. The molecule has 0 aromatic heterocycles. The molecule has 9 heavy (non-hydrogen) atoms. The first-order valence-corrected chi connectivity index (χ1v) is 3.76. The van der Waals surface area contributed by atoms with Crippen LogP contribution in [0.3, 0.4) is 0 Å². The molecule has 1 unspecified atom stereocenters. The largest absolute Gasteiger partial charge is 0.392 e. The molecule has 2 heteroatoms. The zero-order valence-electron chi connectivity index (χ0n) is 5.93. The fourth-order valence-corrected chi connectivity index (χ4v) is 1.44. The SMILES string of the molecule is CCNC1CCC[C@@H]1O. The molecule has 0 aromatic carbocycles. The third-order valence-electron chi connectivity index (χ3n) is 1.95. The molecule has 1 rings (SSSR count). The smallest absolute Gasteiger partial charge is 0.0693 e. The van der Waals surface area contributed by atoms with Crippen molar-refractivity contribution in [2.75, 3.05) is 6.54 Å². The zero-order chi connectivity index (χ0) is 6.69. The number of aliphatic hydroxyl groups is 1. The topological polar surface area (TPSA) is 32.3 Å². The summed E-state index contributed by atoms with van der Waals surface area (Å²) in [5, 5.41) is 12.5. The van der Waals surface area contributed by atoms with Crippen molar-refractivity contribution in [1.82, 2.24) is 5.32 Å². The van der Waals surface area contributed by atoms with E-state index in [-0.39, 0.29) is 6.10 Å². The molecular formula is C7H15NO. The molecule has 0 spiro atoms. The van der Waals surface area contributed by atoms with Crippen LogP contribution in [0.2, 0.25) is 0 Å². The average Bonchev–Trinajstić information content (AvgIpc) is 2.18. The molecule has 0 radical (unpaired) electrons. The van der Waals surface area contributed by atoms with Crippen molar-refractivity contribution in [3.8, 4) is 0 Å². The van der Waals surface area contributed by atoms with E-state index in [0.29, 0.717) is 6.04 Å². The van der Waals surface area contributed by atoms with Crippen molar-refractivity contribution in [2.45, 2.75) is 38.3 Å². The van der Waals surface area contributed by atoms with E-state index in [1.54, 1.807) is 0 Å². The third-order valence-corrected chi connectivity index (χ3v) is 1.95. The van der Waals surface area contributed by atoms with Gasteiger partial charge in [0.05, 0.1) is 6.10 Å². The van der Waals surface area contributed by atoms with E-state index in [1.807, 2.05) is 0 Å². The predicted octanol–water partition coefficient (Wildman–Crippen LogP) is 0.509. The Kier molecular flexibility index (Phi) is 2.49. The van der Waals surface area contributed by atoms with E-state index in [4.69, 9.17) is 0 Å². The van der Waals surface area contributed by atoms with Crippen molar-refractivity contribution in [2.24, 2.45) is 0 Å². The molecule has 1 saturated carbocycles. The van der Waals surface area contributed by atoms with E-state index in [2.05, 4.69) is 12.2 Å². The Morgan fingerprint density at radius 1 is 1.56 bits per heavy atom. The molecule has 1 aliphatic carbocycles. The Hall–Kier alpha value is -0.0800. The Morgan fingerprint density at radius 3 is 2.78 bits per heavy atom. The highest BCUT2D eigenvalue weighted by Gasteiger charge is 2.23. The van der Waals surface area contributed by atoms with Gasteiger partial charge in [-0.05, 0) is 25.8 Å². The maximum atomic E-state index is 9.26.